The third-order valence-corrected chi connectivity index (χ3v) is 2.32. The van der Waals surface area contributed by atoms with E-state index in [2.05, 4.69) is 12.2 Å². The van der Waals surface area contributed by atoms with Gasteiger partial charge in [-0.15, -0.1) is 12.4 Å². The Morgan fingerprint density at radius 2 is 2.36 bits per heavy atom. The van der Waals surface area contributed by atoms with Crippen LogP contribution in [0.25, 0.3) is 0 Å². The van der Waals surface area contributed by atoms with Gasteiger partial charge in [0.2, 0.25) is 5.91 Å². The number of piperazine rings is 1. The number of carbonyl (C=O) groups is 1. The van der Waals surface area contributed by atoms with Crippen LogP contribution >= 0.6 is 12.4 Å². The molecular formula is C9H20ClN3O. The molecule has 0 bridgehead atoms. The zero-order chi connectivity index (χ0) is 9.84. The SMILES string of the molecule is CC(N)CC(=O)N1CCNC[C@H]1C.Cl. The largest absolute Gasteiger partial charge is 0.337 e. The molecule has 14 heavy (non-hydrogen) atoms. The van der Waals surface area contributed by atoms with E-state index in [0.29, 0.717) is 12.5 Å². The van der Waals surface area contributed by atoms with Gasteiger partial charge < -0.3 is 16.0 Å². The molecule has 1 saturated heterocycles. The maximum atomic E-state index is 11.6. The van der Waals surface area contributed by atoms with Crippen LogP contribution in [0.3, 0.4) is 0 Å². The van der Waals surface area contributed by atoms with E-state index in [1.54, 1.807) is 0 Å². The maximum Gasteiger partial charge on any atom is 0.224 e. The molecule has 0 aromatic rings. The van der Waals surface area contributed by atoms with Gasteiger partial charge in [0.05, 0.1) is 0 Å². The second-order valence-corrected chi connectivity index (χ2v) is 3.82. The molecular weight excluding hydrogens is 202 g/mol. The molecule has 0 radical (unpaired) electrons. The molecule has 2 atom stereocenters. The van der Waals surface area contributed by atoms with E-state index in [0.717, 1.165) is 19.6 Å². The Balaban J connectivity index is 0.00000169. The van der Waals surface area contributed by atoms with Crippen LogP contribution < -0.4 is 11.1 Å². The monoisotopic (exact) mass is 221 g/mol. The summed E-state index contributed by atoms with van der Waals surface area (Å²) in [7, 11) is 0. The smallest absolute Gasteiger partial charge is 0.224 e. The van der Waals surface area contributed by atoms with Crippen molar-refractivity contribution in [3.05, 3.63) is 0 Å². The molecule has 3 N–H and O–H groups in total. The summed E-state index contributed by atoms with van der Waals surface area (Å²) >= 11 is 0. The molecule has 0 aromatic carbocycles. The Morgan fingerprint density at radius 3 is 2.86 bits per heavy atom. The van der Waals surface area contributed by atoms with Crippen LogP contribution in [0.1, 0.15) is 20.3 Å². The second kappa shape index (κ2) is 6.22. The summed E-state index contributed by atoms with van der Waals surface area (Å²) in [5.41, 5.74) is 5.58. The third-order valence-electron chi connectivity index (χ3n) is 2.32. The molecule has 1 unspecified atom stereocenters. The molecule has 1 amide bonds. The molecule has 0 aliphatic carbocycles. The molecule has 1 aliphatic heterocycles. The van der Waals surface area contributed by atoms with Gasteiger partial charge in [0, 0.05) is 38.1 Å². The fourth-order valence-corrected chi connectivity index (χ4v) is 1.60. The predicted octanol–water partition coefficient (Wildman–Crippen LogP) is -0.0342. The van der Waals surface area contributed by atoms with Gasteiger partial charge in [-0.25, -0.2) is 0 Å². The van der Waals surface area contributed by atoms with Crippen molar-refractivity contribution in [1.29, 1.82) is 0 Å². The minimum Gasteiger partial charge on any atom is -0.337 e. The van der Waals surface area contributed by atoms with Crippen LogP contribution in [0.4, 0.5) is 0 Å². The summed E-state index contributed by atoms with van der Waals surface area (Å²) in [5, 5.41) is 3.25. The van der Waals surface area contributed by atoms with E-state index >= 15 is 0 Å². The van der Waals surface area contributed by atoms with Gasteiger partial charge >= 0.3 is 0 Å². The predicted molar refractivity (Wildman–Crippen MR) is 59.6 cm³/mol. The topological polar surface area (TPSA) is 58.4 Å². The molecule has 0 spiro atoms. The summed E-state index contributed by atoms with van der Waals surface area (Å²) in [6.07, 6.45) is 0.463. The summed E-state index contributed by atoms with van der Waals surface area (Å²) in [6, 6.07) is 0.273. The van der Waals surface area contributed by atoms with Gasteiger partial charge in [-0.1, -0.05) is 0 Å². The fraction of sp³-hybridized carbons (Fsp3) is 0.889. The van der Waals surface area contributed by atoms with Crippen LogP contribution in [0.2, 0.25) is 0 Å². The van der Waals surface area contributed by atoms with Crippen LogP contribution in [0.5, 0.6) is 0 Å². The lowest BCUT2D eigenvalue weighted by Crippen LogP contribution is -2.52. The lowest BCUT2D eigenvalue weighted by atomic mass is 10.1. The number of nitrogens with two attached hydrogens (primary N) is 1. The van der Waals surface area contributed by atoms with E-state index in [1.165, 1.54) is 0 Å². The zero-order valence-electron chi connectivity index (χ0n) is 8.82. The first-order valence-corrected chi connectivity index (χ1v) is 4.87. The number of nitrogens with one attached hydrogen (secondary N) is 1. The normalized spacial score (nSPS) is 23.9. The first kappa shape index (κ1) is 13.7. The van der Waals surface area contributed by atoms with E-state index in [-0.39, 0.29) is 24.4 Å². The summed E-state index contributed by atoms with van der Waals surface area (Å²) in [5.74, 6) is 0.184. The lowest BCUT2D eigenvalue weighted by molar-refractivity contribution is -0.134. The molecule has 4 nitrogen and oxygen atoms in total. The molecule has 84 valence electrons. The van der Waals surface area contributed by atoms with E-state index in [1.807, 2.05) is 11.8 Å². The summed E-state index contributed by atoms with van der Waals surface area (Å²) < 4.78 is 0. The third kappa shape index (κ3) is 3.82. The Bertz CT molecular complexity index is 187. The second-order valence-electron chi connectivity index (χ2n) is 3.82. The van der Waals surface area contributed by atoms with E-state index < -0.39 is 0 Å². The summed E-state index contributed by atoms with van der Waals surface area (Å²) in [4.78, 5) is 13.6. The number of halogens is 1. The van der Waals surface area contributed by atoms with Crippen LogP contribution in [-0.2, 0) is 4.79 Å². The van der Waals surface area contributed by atoms with Crippen molar-refractivity contribution in [2.75, 3.05) is 19.6 Å². The van der Waals surface area contributed by atoms with Gasteiger partial charge in [0.25, 0.3) is 0 Å². The highest BCUT2D eigenvalue weighted by molar-refractivity contribution is 5.85. The number of hydrogen-bond acceptors (Lipinski definition) is 3. The summed E-state index contributed by atoms with van der Waals surface area (Å²) in [6.45, 7) is 6.53. The van der Waals surface area contributed by atoms with Crippen molar-refractivity contribution in [2.45, 2.75) is 32.4 Å². The average Bonchev–Trinajstić information content (AvgIpc) is 2.03. The maximum absolute atomic E-state index is 11.6. The quantitative estimate of drug-likeness (QED) is 0.689. The zero-order valence-corrected chi connectivity index (χ0v) is 9.64. The number of hydrogen-bond donors (Lipinski definition) is 2. The number of carbonyl (C=O) groups excluding carboxylic acids is 1. The molecule has 0 aromatic heterocycles. The molecule has 5 heteroatoms. The van der Waals surface area contributed by atoms with Gasteiger partial charge in [-0.2, -0.15) is 0 Å². The highest BCUT2D eigenvalue weighted by Crippen LogP contribution is 2.05. The molecule has 1 heterocycles. The standard InChI is InChI=1S/C9H19N3O.ClH/c1-7(10)5-9(13)12-4-3-11-6-8(12)2;/h7-8,11H,3-6,10H2,1-2H3;1H/t7?,8-;/m1./s1. The van der Waals surface area contributed by atoms with Gasteiger partial charge in [-0.3, -0.25) is 4.79 Å². The molecule has 1 aliphatic rings. The fourth-order valence-electron chi connectivity index (χ4n) is 1.60. The van der Waals surface area contributed by atoms with E-state index in [4.69, 9.17) is 5.73 Å². The molecule has 0 saturated carbocycles. The average molecular weight is 222 g/mol. The highest BCUT2D eigenvalue weighted by Gasteiger charge is 2.22. The minimum atomic E-state index is -0.0328. The van der Waals surface area contributed by atoms with Crippen molar-refractivity contribution in [3.8, 4) is 0 Å². The van der Waals surface area contributed by atoms with Crippen LogP contribution in [-0.4, -0.2) is 42.5 Å². The van der Waals surface area contributed by atoms with Crippen molar-refractivity contribution >= 4 is 18.3 Å². The minimum absolute atomic E-state index is 0. The van der Waals surface area contributed by atoms with Crippen molar-refractivity contribution < 1.29 is 4.79 Å². The van der Waals surface area contributed by atoms with Gasteiger partial charge in [0.15, 0.2) is 0 Å². The van der Waals surface area contributed by atoms with Crippen LogP contribution in [0.15, 0.2) is 0 Å². The number of nitrogens with zero attached hydrogens (tertiary/aromatic N) is 1. The first-order valence-electron chi connectivity index (χ1n) is 4.87. The number of amides is 1. The Morgan fingerprint density at radius 1 is 1.71 bits per heavy atom. The Kier molecular flexibility index (Phi) is 6.08. The van der Waals surface area contributed by atoms with Crippen molar-refractivity contribution in [3.63, 3.8) is 0 Å². The van der Waals surface area contributed by atoms with Crippen LogP contribution in [0, 0.1) is 0 Å². The Hall–Kier alpha value is -0.320. The highest BCUT2D eigenvalue weighted by atomic mass is 35.5. The van der Waals surface area contributed by atoms with Gasteiger partial charge in [-0.05, 0) is 13.8 Å². The number of rotatable bonds is 2. The first-order chi connectivity index (χ1) is 6.11. The Labute approximate surface area is 91.6 Å². The molecule has 1 fully saturated rings. The van der Waals surface area contributed by atoms with Crippen molar-refractivity contribution in [1.82, 2.24) is 10.2 Å². The van der Waals surface area contributed by atoms with E-state index in [9.17, 15) is 4.79 Å². The van der Waals surface area contributed by atoms with Crippen molar-refractivity contribution in [2.24, 2.45) is 5.73 Å². The molecule has 1 rings (SSSR count). The van der Waals surface area contributed by atoms with Gasteiger partial charge in [0.1, 0.15) is 0 Å². The lowest BCUT2D eigenvalue weighted by Gasteiger charge is -2.34.